The molecule has 1 aromatic carbocycles. The van der Waals surface area contributed by atoms with Gasteiger partial charge in [-0.15, -0.1) is 0 Å². The van der Waals surface area contributed by atoms with Crippen LogP contribution in [0.3, 0.4) is 0 Å². The lowest BCUT2D eigenvalue weighted by Gasteiger charge is -2.25. The largest absolute Gasteiger partial charge is 0.497 e. The summed E-state index contributed by atoms with van der Waals surface area (Å²) in [5, 5.41) is 0.521. The second kappa shape index (κ2) is 7.60. The van der Waals surface area contributed by atoms with Crippen molar-refractivity contribution in [3.05, 3.63) is 24.3 Å². The molecule has 142 valence electrons. The van der Waals surface area contributed by atoms with Gasteiger partial charge >= 0.3 is 0 Å². The Bertz CT molecular complexity index is 801. The fourth-order valence-corrected chi connectivity index (χ4v) is 7.35. The first-order valence-electron chi connectivity index (χ1n) is 8.81. The highest BCUT2D eigenvalue weighted by molar-refractivity contribution is 8.16. The highest BCUT2D eigenvalue weighted by Gasteiger charge is 2.49. The lowest BCUT2D eigenvalue weighted by Crippen LogP contribution is -2.37. The van der Waals surface area contributed by atoms with Crippen molar-refractivity contribution >= 4 is 38.4 Å². The van der Waals surface area contributed by atoms with Crippen molar-refractivity contribution in [2.75, 3.05) is 23.5 Å². The summed E-state index contributed by atoms with van der Waals surface area (Å²) in [4.78, 5) is 18.8. The molecule has 0 radical (unpaired) electrons. The van der Waals surface area contributed by atoms with E-state index in [9.17, 15) is 13.2 Å². The van der Waals surface area contributed by atoms with Crippen LogP contribution in [-0.2, 0) is 14.6 Å². The lowest BCUT2D eigenvalue weighted by molar-refractivity contribution is -0.121. The maximum atomic E-state index is 12.5. The van der Waals surface area contributed by atoms with Gasteiger partial charge in [0, 0.05) is 16.9 Å². The summed E-state index contributed by atoms with van der Waals surface area (Å²) < 4.78 is 29.4. The van der Waals surface area contributed by atoms with E-state index >= 15 is 0 Å². The molecule has 2 aliphatic rings. The van der Waals surface area contributed by atoms with E-state index in [4.69, 9.17) is 4.74 Å². The SMILES string of the molecule is CCC(CC)C(=O)N=C1S[C@@H]2CS(=O)(=O)C[C@H]2N1c1ccc(OC)cc1. The third-order valence-corrected chi connectivity index (χ3v) is 8.17. The number of rotatable bonds is 5. The van der Waals surface area contributed by atoms with Gasteiger partial charge in [0.05, 0.1) is 24.7 Å². The number of ether oxygens (including phenoxy) is 1. The second-order valence-electron chi connectivity index (χ2n) is 6.61. The first-order chi connectivity index (χ1) is 12.4. The Labute approximate surface area is 158 Å². The summed E-state index contributed by atoms with van der Waals surface area (Å²) >= 11 is 1.41. The molecule has 0 aromatic heterocycles. The molecule has 1 amide bonds. The number of nitrogens with zero attached hydrogens (tertiary/aromatic N) is 2. The number of benzene rings is 1. The number of hydrogen-bond acceptors (Lipinski definition) is 5. The summed E-state index contributed by atoms with van der Waals surface area (Å²) in [5.41, 5.74) is 0.832. The van der Waals surface area contributed by atoms with Crippen molar-refractivity contribution in [2.45, 2.75) is 38.0 Å². The fourth-order valence-electron chi connectivity index (χ4n) is 3.43. The van der Waals surface area contributed by atoms with Crippen LogP contribution >= 0.6 is 11.8 Å². The van der Waals surface area contributed by atoms with Gasteiger partial charge in [0.15, 0.2) is 15.0 Å². The topological polar surface area (TPSA) is 76.0 Å². The number of aliphatic imine (C=N–C) groups is 1. The number of anilines is 1. The number of hydrogen-bond donors (Lipinski definition) is 0. The van der Waals surface area contributed by atoms with Crippen molar-refractivity contribution in [3.8, 4) is 5.75 Å². The van der Waals surface area contributed by atoms with Crippen LogP contribution in [0.2, 0.25) is 0 Å². The smallest absolute Gasteiger partial charge is 0.251 e. The molecule has 0 aliphatic carbocycles. The minimum absolute atomic E-state index is 0.0876. The summed E-state index contributed by atoms with van der Waals surface area (Å²) in [6.45, 7) is 3.97. The van der Waals surface area contributed by atoms with Crippen LogP contribution in [0, 0.1) is 5.92 Å². The Morgan fingerprint density at radius 3 is 2.50 bits per heavy atom. The Hall–Kier alpha value is -1.54. The van der Waals surface area contributed by atoms with E-state index in [1.807, 2.05) is 43.0 Å². The molecule has 2 fully saturated rings. The Kier molecular flexibility index (Phi) is 5.62. The van der Waals surface area contributed by atoms with Crippen molar-refractivity contribution in [3.63, 3.8) is 0 Å². The number of methoxy groups -OCH3 is 1. The molecule has 2 aliphatic heterocycles. The van der Waals surface area contributed by atoms with Gasteiger partial charge < -0.3 is 9.64 Å². The first kappa shape index (κ1) is 19.2. The van der Waals surface area contributed by atoms with Crippen LogP contribution in [0.5, 0.6) is 5.75 Å². The fraction of sp³-hybridized carbons (Fsp3) is 0.556. The first-order valence-corrected chi connectivity index (χ1v) is 11.5. The van der Waals surface area contributed by atoms with E-state index in [0.717, 1.165) is 24.3 Å². The Morgan fingerprint density at radius 2 is 1.92 bits per heavy atom. The Morgan fingerprint density at radius 1 is 1.27 bits per heavy atom. The van der Waals surface area contributed by atoms with Gasteiger partial charge in [-0.1, -0.05) is 25.6 Å². The van der Waals surface area contributed by atoms with E-state index in [-0.39, 0.29) is 34.6 Å². The average Bonchev–Trinajstić information content (AvgIpc) is 3.07. The molecule has 0 unspecified atom stereocenters. The minimum atomic E-state index is -3.06. The molecule has 3 rings (SSSR count). The van der Waals surface area contributed by atoms with Gasteiger partial charge in [0.1, 0.15) is 5.75 Å². The van der Waals surface area contributed by atoms with Gasteiger partial charge in [-0.05, 0) is 37.1 Å². The van der Waals surface area contributed by atoms with Crippen LogP contribution in [0.4, 0.5) is 5.69 Å². The highest BCUT2D eigenvalue weighted by atomic mass is 32.2. The molecule has 2 saturated heterocycles. The van der Waals surface area contributed by atoms with Crippen LogP contribution in [0.15, 0.2) is 29.3 Å². The summed E-state index contributed by atoms with van der Waals surface area (Å²) in [5.74, 6) is 0.730. The van der Waals surface area contributed by atoms with Gasteiger partial charge in [0.2, 0.25) is 0 Å². The predicted octanol–water partition coefficient (Wildman–Crippen LogP) is 2.73. The zero-order chi connectivity index (χ0) is 18.9. The number of carbonyl (C=O) groups excluding carboxylic acids is 1. The van der Waals surface area contributed by atoms with E-state index in [2.05, 4.69) is 4.99 Å². The van der Waals surface area contributed by atoms with E-state index < -0.39 is 9.84 Å². The summed E-state index contributed by atoms with van der Waals surface area (Å²) in [6.07, 6.45) is 1.50. The molecule has 0 N–H and O–H groups in total. The third-order valence-electron chi connectivity index (χ3n) is 4.96. The number of carbonyl (C=O) groups is 1. The molecule has 2 atom stereocenters. The van der Waals surface area contributed by atoms with Gasteiger partial charge in [-0.25, -0.2) is 8.42 Å². The molecule has 8 heteroatoms. The van der Waals surface area contributed by atoms with Gasteiger partial charge in [0.25, 0.3) is 5.91 Å². The van der Waals surface area contributed by atoms with Crippen molar-refractivity contribution < 1.29 is 17.9 Å². The zero-order valence-corrected chi connectivity index (χ0v) is 16.8. The zero-order valence-electron chi connectivity index (χ0n) is 15.2. The quantitative estimate of drug-likeness (QED) is 0.762. The van der Waals surface area contributed by atoms with E-state index in [1.54, 1.807) is 7.11 Å². The lowest BCUT2D eigenvalue weighted by atomic mass is 10.0. The molecule has 0 spiro atoms. The number of thioether (sulfide) groups is 1. The molecule has 0 bridgehead atoms. The van der Waals surface area contributed by atoms with E-state index in [0.29, 0.717) is 5.17 Å². The van der Waals surface area contributed by atoms with Crippen LogP contribution in [0.1, 0.15) is 26.7 Å². The molecule has 1 aromatic rings. The maximum Gasteiger partial charge on any atom is 0.251 e. The number of fused-ring (bicyclic) bond motifs is 1. The van der Waals surface area contributed by atoms with Crippen molar-refractivity contribution in [1.82, 2.24) is 0 Å². The van der Waals surface area contributed by atoms with Crippen molar-refractivity contribution in [2.24, 2.45) is 10.9 Å². The summed E-state index contributed by atoms with van der Waals surface area (Å²) in [7, 11) is -1.47. The summed E-state index contributed by atoms with van der Waals surface area (Å²) in [6, 6.07) is 7.23. The standard InChI is InChI=1S/C18H24N2O4S2/c1-4-12(5-2)17(21)19-18-20(13-6-8-14(24-3)9-7-13)15-10-26(22,23)11-16(15)25-18/h6-9,12,15-16H,4-5,10-11H2,1-3H3/t15-,16-/m1/s1. The maximum absolute atomic E-state index is 12.5. The molecular formula is C18H24N2O4S2. The number of sulfone groups is 1. The second-order valence-corrected chi connectivity index (χ2v) is 9.97. The molecule has 26 heavy (non-hydrogen) atoms. The number of amidine groups is 1. The van der Waals surface area contributed by atoms with Gasteiger partial charge in [-0.3, -0.25) is 4.79 Å². The molecular weight excluding hydrogens is 372 g/mol. The minimum Gasteiger partial charge on any atom is -0.497 e. The molecule has 2 heterocycles. The van der Waals surface area contributed by atoms with Crippen molar-refractivity contribution in [1.29, 1.82) is 0 Å². The van der Waals surface area contributed by atoms with Crippen LogP contribution < -0.4 is 9.64 Å². The molecule has 6 nitrogen and oxygen atoms in total. The average molecular weight is 397 g/mol. The predicted molar refractivity (Wildman–Crippen MR) is 106 cm³/mol. The molecule has 0 saturated carbocycles. The van der Waals surface area contributed by atoms with Crippen LogP contribution in [-0.4, -0.2) is 49.4 Å². The third kappa shape index (κ3) is 3.76. The number of amides is 1. The normalized spacial score (nSPS) is 25.7. The highest BCUT2D eigenvalue weighted by Crippen LogP contribution is 2.41. The van der Waals surface area contributed by atoms with Crippen LogP contribution in [0.25, 0.3) is 0 Å². The Balaban J connectivity index is 1.96. The van der Waals surface area contributed by atoms with Gasteiger partial charge in [-0.2, -0.15) is 4.99 Å². The van der Waals surface area contributed by atoms with E-state index in [1.165, 1.54) is 11.8 Å². The monoisotopic (exact) mass is 396 g/mol.